The fraction of sp³-hybridized carbons (Fsp3) is 0.375. The van der Waals surface area contributed by atoms with Gasteiger partial charge >= 0.3 is 0 Å². The standard InChI is InChI=1S/C16H21FN4S.HI/c1-3-18-16(21-11-15-20-10-12(2)22-15)19-8-7-13-5-4-6-14(17)9-13;/h4-6,9-10H,3,7-8,11H2,1-2H3,(H2,18,19,21);1H. The molecular weight excluding hydrogens is 426 g/mol. The summed E-state index contributed by atoms with van der Waals surface area (Å²) >= 11 is 1.65. The maximum atomic E-state index is 13.1. The van der Waals surface area contributed by atoms with Crippen LogP contribution in [0.1, 0.15) is 22.4 Å². The molecule has 0 unspecified atom stereocenters. The zero-order chi connectivity index (χ0) is 15.8. The Morgan fingerprint density at radius 2 is 2.17 bits per heavy atom. The van der Waals surface area contributed by atoms with Crippen molar-refractivity contribution in [1.29, 1.82) is 0 Å². The molecule has 0 fully saturated rings. The number of halogens is 2. The number of nitrogens with zero attached hydrogens (tertiary/aromatic N) is 2. The molecule has 0 radical (unpaired) electrons. The lowest BCUT2D eigenvalue weighted by molar-refractivity contribution is 0.625. The summed E-state index contributed by atoms with van der Waals surface area (Å²) in [5, 5.41) is 7.46. The molecule has 0 bridgehead atoms. The Hall–Kier alpha value is -1.22. The summed E-state index contributed by atoms with van der Waals surface area (Å²) in [7, 11) is 0. The summed E-state index contributed by atoms with van der Waals surface area (Å²) in [4.78, 5) is 10.0. The molecule has 2 rings (SSSR count). The van der Waals surface area contributed by atoms with Gasteiger partial charge in [-0.25, -0.2) is 14.4 Å². The minimum Gasteiger partial charge on any atom is -0.357 e. The average Bonchev–Trinajstić information content (AvgIpc) is 2.90. The van der Waals surface area contributed by atoms with Gasteiger partial charge in [0.1, 0.15) is 10.8 Å². The Morgan fingerprint density at radius 1 is 1.35 bits per heavy atom. The number of hydrogen-bond acceptors (Lipinski definition) is 3. The number of thiazole rings is 1. The Balaban J connectivity index is 0.00000264. The van der Waals surface area contributed by atoms with Crippen LogP contribution in [0.25, 0.3) is 0 Å². The van der Waals surface area contributed by atoms with Crippen molar-refractivity contribution < 1.29 is 4.39 Å². The van der Waals surface area contributed by atoms with E-state index in [0.717, 1.165) is 29.5 Å². The van der Waals surface area contributed by atoms with Crippen molar-refractivity contribution in [3.63, 3.8) is 0 Å². The van der Waals surface area contributed by atoms with Crippen LogP contribution in [-0.2, 0) is 13.0 Å². The van der Waals surface area contributed by atoms with Crippen LogP contribution in [0, 0.1) is 12.7 Å². The molecule has 126 valence electrons. The van der Waals surface area contributed by atoms with Crippen molar-refractivity contribution in [2.45, 2.75) is 26.8 Å². The van der Waals surface area contributed by atoms with Crippen LogP contribution in [0.2, 0.25) is 0 Å². The molecule has 2 aromatic rings. The van der Waals surface area contributed by atoms with Crippen molar-refractivity contribution in [1.82, 2.24) is 15.6 Å². The van der Waals surface area contributed by atoms with Gasteiger partial charge in [0.15, 0.2) is 5.96 Å². The van der Waals surface area contributed by atoms with Crippen LogP contribution in [0.4, 0.5) is 4.39 Å². The summed E-state index contributed by atoms with van der Waals surface area (Å²) in [6.45, 7) is 6.12. The van der Waals surface area contributed by atoms with Crippen molar-refractivity contribution >= 4 is 41.3 Å². The minimum absolute atomic E-state index is 0. The van der Waals surface area contributed by atoms with E-state index in [1.165, 1.54) is 10.9 Å². The molecule has 0 saturated carbocycles. The molecule has 7 heteroatoms. The van der Waals surface area contributed by atoms with Crippen molar-refractivity contribution in [3.8, 4) is 0 Å². The summed E-state index contributed by atoms with van der Waals surface area (Å²) in [6, 6.07) is 6.67. The van der Waals surface area contributed by atoms with Crippen LogP contribution >= 0.6 is 35.3 Å². The largest absolute Gasteiger partial charge is 0.357 e. The third kappa shape index (κ3) is 7.26. The van der Waals surface area contributed by atoms with Gasteiger partial charge in [-0.3, -0.25) is 0 Å². The maximum absolute atomic E-state index is 13.1. The van der Waals surface area contributed by atoms with E-state index in [4.69, 9.17) is 0 Å². The highest BCUT2D eigenvalue weighted by Crippen LogP contribution is 2.11. The van der Waals surface area contributed by atoms with Gasteiger partial charge in [-0.05, 0) is 38.0 Å². The molecule has 0 aliphatic heterocycles. The number of benzene rings is 1. The number of rotatable bonds is 6. The molecule has 1 heterocycles. The molecule has 0 amide bonds. The van der Waals surface area contributed by atoms with Gasteiger partial charge in [0.05, 0.1) is 6.54 Å². The quantitative estimate of drug-likeness (QED) is 0.404. The van der Waals surface area contributed by atoms with Gasteiger partial charge in [0, 0.05) is 24.2 Å². The first-order valence-corrected chi connectivity index (χ1v) is 8.17. The van der Waals surface area contributed by atoms with Gasteiger partial charge < -0.3 is 10.6 Å². The molecule has 0 spiro atoms. The molecule has 2 N–H and O–H groups in total. The Bertz CT molecular complexity index is 630. The van der Waals surface area contributed by atoms with Crippen molar-refractivity contribution in [2.24, 2.45) is 4.99 Å². The first-order chi connectivity index (χ1) is 10.7. The third-order valence-electron chi connectivity index (χ3n) is 2.98. The minimum atomic E-state index is -0.197. The SMILES string of the molecule is CCNC(=NCc1ncc(C)s1)NCCc1cccc(F)c1.I. The average molecular weight is 448 g/mol. The van der Waals surface area contributed by atoms with E-state index < -0.39 is 0 Å². The number of aliphatic imine (C=N–C) groups is 1. The highest BCUT2D eigenvalue weighted by atomic mass is 127. The number of aryl methyl sites for hydroxylation is 1. The summed E-state index contributed by atoms with van der Waals surface area (Å²) in [6.07, 6.45) is 2.61. The van der Waals surface area contributed by atoms with E-state index >= 15 is 0 Å². The highest BCUT2D eigenvalue weighted by Gasteiger charge is 2.01. The highest BCUT2D eigenvalue weighted by molar-refractivity contribution is 14.0. The summed E-state index contributed by atoms with van der Waals surface area (Å²) < 4.78 is 13.1. The second kappa shape index (κ2) is 10.5. The summed E-state index contributed by atoms with van der Waals surface area (Å²) in [5.41, 5.74) is 0.971. The van der Waals surface area contributed by atoms with Crippen molar-refractivity contribution in [3.05, 3.63) is 51.7 Å². The lowest BCUT2D eigenvalue weighted by Gasteiger charge is -2.11. The van der Waals surface area contributed by atoms with E-state index in [0.29, 0.717) is 13.1 Å². The Labute approximate surface area is 157 Å². The van der Waals surface area contributed by atoms with Gasteiger partial charge in [-0.15, -0.1) is 35.3 Å². The van der Waals surface area contributed by atoms with Crippen molar-refractivity contribution in [2.75, 3.05) is 13.1 Å². The fourth-order valence-corrected chi connectivity index (χ4v) is 2.69. The second-order valence-corrected chi connectivity index (χ2v) is 6.19. The van der Waals surface area contributed by atoms with E-state index in [9.17, 15) is 4.39 Å². The van der Waals surface area contributed by atoms with Gasteiger partial charge in [-0.2, -0.15) is 0 Å². The third-order valence-corrected chi connectivity index (χ3v) is 3.88. The molecule has 4 nitrogen and oxygen atoms in total. The number of guanidine groups is 1. The topological polar surface area (TPSA) is 49.3 Å². The smallest absolute Gasteiger partial charge is 0.191 e. The second-order valence-electron chi connectivity index (χ2n) is 4.87. The van der Waals surface area contributed by atoms with Crippen LogP contribution in [0.3, 0.4) is 0 Å². The molecule has 23 heavy (non-hydrogen) atoms. The Kier molecular flexibility index (Phi) is 9.08. The number of hydrogen-bond donors (Lipinski definition) is 2. The van der Waals surface area contributed by atoms with E-state index in [1.54, 1.807) is 23.5 Å². The molecule has 1 aromatic heterocycles. The first-order valence-electron chi connectivity index (χ1n) is 7.35. The zero-order valence-corrected chi connectivity index (χ0v) is 16.5. The Morgan fingerprint density at radius 3 is 2.83 bits per heavy atom. The zero-order valence-electron chi connectivity index (χ0n) is 13.3. The van der Waals surface area contributed by atoms with Crippen LogP contribution in [-0.4, -0.2) is 24.0 Å². The number of aromatic nitrogens is 1. The normalized spacial score (nSPS) is 11.0. The van der Waals surface area contributed by atoms with Crippen LogP contribution in [0.5, 0.6) is 0 Å². The maximum Gasteiger partial charge on any atom is 0.191 e. The van der Waals surface area contributed by atoms with Gasteiger partial charge in [0.2, 0.25) is 0 Å². The molecule has 0 atom stereocenters. The summed E-state index contributed by atoms with van der Waals surface area (Å²) in [5.74, 6) is 0.559. The van der Waals surface area contributed by atoms with Gasteiger partial charge in [-0.1, -0.05) is 12.1 Å². The predicted molar refractivity (Wildman–Crippen MR) is 105 cm³/mol. The fourth-order valence-electron chi connectivity index (χ4n) is 1.98. The van der Waals surface area contributed by atoms with Crippen LogP contribution < -0.4 is 10.6 Å². The monoisotopic (exact) mass is 448 g/mol. The number of nitrogens with one attached hydrogen (secondary N) is 2. The van der Waals surface area contributed by atoms with E-state index in [2.05, 4.69) is 20.6 Å². The lowest BCUT2D eigenvalue weighted by Crippen LogP contribution is -2.38. The molecule has 0 aliphatic rings. The molecule has 0 aliphatic carbocycles. The predicted octanol–water partition coefficient (Wildman–Crippen LogP) is 3.51. The first kappa shape index (κ1) is 19.8. The molecule has 0 saturated heterocycles. The van der Waals surface area contributed by atoms with Crippen LogP contribution in [0.15, 0.2) is 35.5 Å². The van der Waals surface area contributed by atoms with E-state index in [1.807, 2.05) is 26.1 Å². The molecule has 1 aromatic carbocycles. The lowest BCUT2D eigenvalue weighted by atomic mass is 10.1. The van der Waals surface area contributed by atoms with E-state index in [-0.39, 0.29) is 29.8 Å². The molecular formula is C16H22FIN4S. The van der Waals surface area contributed by atoms with Gasteiger partial charge in [0.25, 0.3) is 0 Å².